The van der Waals surface area contributed by atoms with Gasteiger partial charge in [-0.15, -0.1) is 0 Å². The molecule has 12 heavy (non-hydrogen) atoms. The highest BCUT2D eigenvalue weighted by molar-refractivity contribution is 5.84. The lowest BCUT2D eigenvalue weighted by molar-refractivity contribution is -0.134. The van der Waals surface area contributed by atoms with Crippen LogP contribution in [0, 0.1) is 11.3 Å². The molecule has 0 spiro atoms. The van der Waals surface area contributed by atoms with Gasteiger partial charge in [-0.05, 0) is 39.0 Å². The van der Waals surface area contributed by atoms with Gasteiger partial charge < -0.3 is 5.32 Å². The first-order chi connectivity index (χ1) is 5.44. The molecule has 1 aliphatic carbocycles. The fourth-order valence-corrected chi connectivity index (χ4v) is 2.61. The Morgan fingerprint density at radius 2 is 2.08 bits per heavy atom. The highest BCUT2D eigenvalue weighted by Gasteiger charge is 2.51. The summed E-state index contributed by atoms with van der Waals surface area (Å²) in [6.07, 6.45) is 3.38. The molecule has 1 heterocycles. The van der Waals surface area contributed by atoms with E-state index in [0.717, 1.165) is 12.8 Å². The number of piperidine rings is 1. The molecule has 2 heteroatoms. The molecule has 1 aliphatic heterocycles. The molecule has 2 rings (SSSR count). The van der Waals surface area contributed by atoms with Crippen LogP contribution < -0.4 is 5.32 Å². The van der Waals surface area contributed by atoms with Gasteiger partial charge >= 0.3 is 0 Å². The Balaban J connectivity index is 2.31. The van der Waals surface area contributed by atoms with E-state index in [9.17, 15) is 4.79 Å². The minimum atomic E-state index is -0.0415. The Bertz CT molecular complexity index is 234. The third kappa shape index (κ3) is 0.900. The minimum Gasteiger partial charge on any atom is -0.350 e. The van der Waals surface area contributed by atoms with Gasteiger partial charge in [-0.25, -0.2) is 0 Å². The van der Waals surface area contributed by atoms with Gasteiger partial charge in [0.1, 0.15) is 0 Å². The van der Waals surface area contributed by atoms with Gasteiger partial charge in [0.15, 0.2) is 0 Å². The van der Waals surface area contributed by atoms with Crippen LogP contribution in [-0.2, 0) is 4.79 Å². The molecule has 0 unspecified atom stereocenters. The quantitative estimate of drug-likeness (QED) is 0.584. The molecule has 2 aliphatic rings. The number of fused-ring (bicyclic) bond motifs is 2. The molecule has 2 atom stereocenters. The van der Waals surface area contributed by atoms with Crippen LogP contribution in [0.2, 0.25) is 0 Å². The zero-order valence-electron chi connectivity index (χ0n) is 8.11. The van der Waals surface area contributed by atoms with E-state index in [2.05, 4.69) is 26.1 Å². The number of hydrogen-bond acceptors (Lipinski definition) is 1. The van der Waals surface area contributed by atoms with Crippen molar-refractivity contribution in [3.8, 4) is 0 Å². The van der Waals surface area contributed by atoms with Crippen molar-refractivity contribution >= 4 is 5.91 Å². The van der Waals surface area contributed by atoms with Crippen molar-refractivity contribution < 1.29 is 4.79 Å². The molecule has 2 fully saturated rings. The number of nitrogens with one attached hydrogen (secondary N) is 1. The van der Waals surface area contributed by atoms with Gasteiger partial charge in [0.05, 0.1) is 0 Å². The Labute approximate surface area is 73.7 Å². The Morgan fingerprint density at radius 1 is 1.42 bits per heavy atom. The zero-order chi connectivity index (χ0) is 8.98. The van der Waals surface area contributed by atoms with E-state index in [1.54, 1.807) is 0 Å². The van der Waals surface area contributed by atoms with Crippen LogP contribution in [0.15, 0.2) is 0 Å². The summed E-state index contributed by atoms with van der Waals surface area (Å²) in [6.45, 7) is 6.37. The summed E-state index contributed by atoms with van der Waals surface area (Å²) < 4.78 is 0. The normalized spacial score (nSPS) is 44.2. The van der Waals surface area contributed by atoms with Crippen LogP contribution in [0.5, 0.6) is 0 Å². The average molecular weight is 167 g/mol. The van der Waals surface area contributed by atoms with Crippen molar-refractivity contribution in [2.75, 3.05) is 0 Å². The minimum absolute atomic E-state index is 0.0348. The second-order valence-electron chi connectivity index (χ2n) is 5.18. The van der Waals surface area contributed by atoms with Crippen LogP contribution in [0.4, 0.5) is 0 Å². The molecule has 0 radical (unpaired) electrons. The summed E-state index contributed by atoms with van der Waals surface area (Å²) in [4.78, 5) is 11.7. The lowest BCUT2D eigenvalue weighted by Crippen LogP contribution is -2.56. The number of rotatable bonds is 0. The smallest absolute Gasteiger partial charge is 0.226 e. The molecule has 0 aromatic carbocycles. The predicted molar refractivity (Wildman–Crippen MR) is 47.7 cm³/mol. The third-order valence-corrected chi connectivity index (χ3v) is 3.75. The second kappa shape index (κ2) is 2.04. The van der Waals surface area contributed by atoms with Crippen molar-refractivity contribution in [1.29, 1.82) is 0 Å². The van der Waals surface area contributed by atoms with Crippen molar-refractivity contribution in [1.82, 2.24) is 5.32 Å². The SMILES string of the molecule is CC1(C)NC(=O)[C@@]2(C)CC[C@@H]1C2. The average Bonchev–Trinajstić information content (AvgIpc) is 2.28. The Morgan fingerprint density at radius 3 is 2.75 bits per heavy atom. The van der Waals surface area contributed by atoms with Crippen LogP contribution in [0.25, 0.3) is 0 Å². The topological polar surface area (TPSA) is 29.1 Å². The van der Waals surface area contributed by atoms with E-state index >= 15 is 0 Å². The highest BCUT2D eigenvalue weighted by Crippen LogP contribution is 2.49. The molecule has 1 amide bonds. The molecule has 2 bridgehead atoms. The molecule has 1 N–H and O–H groups in total. The first kappa shape index (κ1) is 8.09. The highest BCUT2D eigenvalue weighted by atomic mass is 16.2. The largest absolute Gasteiger partial charge is 0.350 e. The predicted octanol–water partition coefficient (Wildman–Crippen LogP) is 1.70. The fourth-order valence-electron chi connectivity index (χ4n) is 2.61. The van der Waals surface area contributed by atoms with E-state index in [1.165, 1.54) is 6.42 Å². The van der Waals surface area contributed by atoms with Crippen LogP contribution >= 0.6 is 0 Å². The maximum atomic E-state index is 11.7. The van der Waals surface area contributed by atoms with E-state index in [-0.39, 0.29) is 16.9 Å². The van der Waals surface area contributed by atoms with Crippen molar-refractivity contribution in [3.05, 3.63) is 0 Å². The summed E-state index contributed by atoms with van der Waals surface area (Å²) in [5.74, 6) is 0.960. The number of carbonyl (C=O) groups is 1. The Kier molecular flexibility index (Phi) is 1.37. The standard InChI is InChI=1S/C10H17NO/c1-9(2)7-4-5-10(3,6-7)8(12)11-9/h7H,4-6H2,1-3H3,(H,11,12)/t7-,10+/m1/s1. The summed E-state index contributed by atoms with van der Waals surface area (Å²) >= 11 is 0. The van der Waals surface area contributed by atoms with Gasteiger partial charge in [-0.1, -0.05) is 6.92 Å². The molecule has 0 aromatic rings. The summed E-state index contributed by atoms with van der Waals surface area (Å²) in [5, 5.41) is 3.12. The Hall–Kier alpha value is -0.530. The number of hydrogen-bond donors (Lipinski definition) is 1. The number of amides is 1. The molecular weight excluding hydrogens is 150 g/mol. The van der Waals surface area contributed by atoms with Crippen molar-refractivity contribution in [3.63, 3.8) is 0 Å². The van der Waals surface area contributed by atoms with Gasteiger partial charge in [0.2, 0.25) is 5.91 Å². The lowest BCUT2D eigenvalue weighted by Gasteiger charge is -2.40. The van der Waals surface area contributed by atoms with Crippen LogP contribution in [-0.4, -0.2) is 11.4 Å². The van der Waals surface area contributed by atoms with Gasteiger partial charge in [0, 0.05) is 11.0 Å². The van der Waals surface area contributed by atoms with E-state index < -0.39 is 0 Å². The molecule has 1 saturated heterocycles. The molecule has 2 nitrogen and oxygen atoms in total. The molecule has 0 aromatic heterocycles. The molecular formula is C10H17NO. The fraction of sp³-hybridized carbons (Fsp3) is 0.900. The zero-order valence-corrected chi connectivity index (χ0v) is 8.11. The summed E-state index contributed by atoms with van der Waals surface area (Å²) in [6, 6.07) is 0. The molecule has 68 valence electrons. The van der Waals surface area contributed by atoms with Gasteiger partial charge in [-0.2, -0.15) is 0 Å². The van der Waals surface area contributed by atoms with E-state index in [4.69, 9.17) is 0 Å². The van der Waals surface area contributed by atoms with Crippen molar-refractivity contribution in [2.24, 2.45) is 11.3 Å². The number of carbonyl (C=O) groups excluding carboxylic acids is 1. The first-order valence-corrected chi connectivity index (χ1v) is 4.77. The van der Waals surface area contributed by atoms with E-state index in [1.807, 2.05) is 0 Å². The maximum Gasteiger partial charge on any atom is 0.226 e. The van der Waals surface area contributed by atoms with Crippen LogP contribution in [0.1, 0.15) is 40.0 Å². The first-order valence-electron chi connectivity index (χ1n) is 4.77. The summed E-state index contributed by atoms with van der Waals surface area (Å²) in [7, 11) is 0. The van der Waals surface area contributed by atoms with Crippen LogP contribution in [0.3, 0.4) is 0 Å². The van der Waals surface area contributed by atoms with Gasteiger partial charge in [-0.3, -0.25) is 4.79 Å². The third-order valence-electron chi connectivity index (χ3n) is 3.75. The lowest BCUT2D eigenvalue weighted by atomic mass is 9.76. The van der Waals surface area contributed by atoms with Gasteiger partial charge in [0.25, 0.3) is 0 Å². The summed E-state index contributed by atoms with van der Waals surface area (Å²) in [5.41, 5.74) is -0.00667. The maximum absolute atomic E-state index is 11.7. The van der Waals surface area contributed by atoms with E-state index in [0.29, 0.717) is 5.92 Å². The molecule has 1 saturated carbocycles. The monoisotopic (exact) mass is 167 g/mol. The van der Waals surface area contributed by atoms with Crippen molar-refractivity contribution in [2.45, 2.75) is 45.6 Å². The second-order valence-corrected chi connectivity index (χ2v) is 5.18.